The minimum Gasteiger partial charge on any atom is -0.452 e. The van der Waals surface area contributed by atoms with E-state index in [4.69, 9.17) is 22.1 Å². The molecule has 0 saturated carbocycles. The summed E-state index contributed by atoms with van der Waals surface area (Å²) in [6.07, 6.45) is 1.86. The lowest BCUT2D eigenvalue weighted by Gasteiger charge is -2.05. The molecule has 3 rings (SSSR count). The predicted molar refractivity (Wildman–Crippen MR) is 109 cm³/mol. The van der Waals surface area contributed by atoms with Crippen molar-refractivity contribution in [3.63, 3.8) is 0 Å². The second-order valence-corrected chi connectivity index (χ2v) is 7.40. The average molecular weight is 416 g/mol. The Kier molecular flexibility index (Phi) is 6.28. The molecule has 8 heteroatoms. The fourth-order valence-electron chi connectivity index (χ4n) is 2.42. The van der Waals surface area contributed by atoms with Gasteiger partial charge in [0.25, 0.3) is 5.91 Å². The van der Waals surface area contributed by atoms with Gasteiger partial charge in [0.1, 0.15) is 0 Å². The summed E-state index contributed by atoms with van der Waals surface area (Å²) in [5.41, 5.74) is 8.44. The van der Waals surface area contributed by atoms with E-state index in [0.29, 0.717) is 16.4 Å². The lowest BCUT2D eigenvalue weighted by atomic mass is 10.1. The zero-order valence-corrected chi connectivity index (χ0v) is 16.7. The first kappa shape index (κ1) is 19.9. The Hall–Kier alpha value is -2.90. The van der Waals surface area contributed by atoms with E-state index in [1.54, 1.807) is 0 Å². The van der Waals surface area contributed by atoms with Crippen LogP contribution in [-0.4, -0.2) is 23.1 Å². The topological polar surface area (TPSA) is 86.7 Å². The second-order valence-electron chi connectivity index (χ2n) is 6.12. The maximum absolute atomic E-state index is 12.1. The van der Waals surface area contributed by atoms with Crippen LogP contribution in [-0.2, 0) is 16.1 Å². The number of esters is 1. The van der Waals surface area contributed by atoms with Crippen molar-refractivity contribution < 1.29 is 14.3 Å². The Morgan fingerprint density at radius 3 is 2.68 bits per heavy atom. The number of carbonyl (C=O) groups excluding carboxylic acids is 2. The van der Waals surface area contributed by atoms with Crippen LogP contribution >= 0.6 is 22.9 Å². The number of amides is 1. The zero-order chi connectivity index (χ0) is 20.1. The quantitative estimate of drug-likeness (QED) is 0.511. The number of nitrogen functional groups attached to an aromatic ring is 1. The Morgan fingerprint density at radius 1 is 1.21 bits per heavy atom. The molecule has 0 atom stereocenters. The van der Waals surface area contributed by atoms with Crippen LogP contribution in [0.2, 0.25) is 5.02 Å². The van der Waals surface area contributed by atoms with Gasteiger partial charge in [0.15, 0.2) is 11.4 Å². The number of aromatic nitrogens is 1. The Balaban J connectivity index is 1.65. The standard InChI is InChI=1S/C20H18ClN3O3S/c1-13-2-4-14(5-3-13)11-24-8-9-28-20(24)23-18(25)12-27-19(26)15-6-7-16(21)17(22)10-15/h2-10H,11-12,22H2,1H3. The molecule has 0 aliphatic rings. The van der Waals surface area contributed by atoms with Crippen molar-refractivity contribution in [2.45, 2.75) is 13.5 Å². The monoisotopic (exact) mass is 415 g/mol. The summed E-state index contributed by atoms with van der Waals surface area (Å²) in [6.45, 7) is 2.17. The third-order valence-electron chi connectivity index (χ3n) is 3.91. The first-order valence-electron chi connectivity index (χ1n) is 8.41. The van der Waals surface area contributed by atoms with E-state index in [0.717, 1.165) is 5.56 Å². The van der Waals surface area contributed by atoms with Crippen molar-refractivity contribution >= 4 is 40.5 Å². The summed E-state index contributed by atoms with van der Waals surface area (Å²) < 4.78 is 6.89. The van der Waals surface area contributed by atoms with Gasteiger partial charge in [0.05, 0.1) is 16.3 Å². The molecule has 2 aromatic carbocycles. The van der Waals surface area contributed by atoms with Crippen molar-refractivity contribution in [1.82, 2.24) is 4.57 Å². The third kappa shape index (κ3) is 5.09. The number of hydrogen-bond acceptors (Lipinski definition) is 5. The normalized spacial score (nSPS) is 11.4. The van der Waals surface area contributed by atoms with Crippen LogP contribution in [0.5, 0.6) is 0 Å². The molecule has 0 aliphatic carbocycles. The van der Waals surface area contributed by atoms with Crippen LogP contribution in [0.3, 0.4) is 0 Å². The number of carbonyl (C=O) groups is 2. The van der Waals surface area contributed by atoms with E-state index in [1.165, 1.54) is 35.1 Å². The Morgan fingerprint density at radius 2 is 1.96 bits per heavy atom. The number of benzene rings is 2. The van der Waals surface area contributed by atoms with Gasteiger partial charge in [-0.15, -0.1) is 11.3 Å². The molecule has 0 unspecified atom stereocenters. The van der Waals surface area contributed by atoms with E-state index >= 15 is 0 Å². The number of rotatable bonds is 5. The second kappa shape index (κ2) is 8.86. The molecule has 0 fully saturated rings. The van der Waals surface area contributed by atoms with E-state index in [-0.39, 0.29) is 11.3 Å². The molecular weight excluding hydrogens is 398 g/mol. The number of thiazole rings is 1. The Labute approximate surface area is 170 Å². The van der Waals surface area contributed by atoms with Crippen molar-refractivity contribution in [1.29, 1.82) is 0 Å². The largest absolute Gasteiger partial charge is 0.452 e. The molecule has 3 aromatic rings. The molecule has 28 heavy (non-hydrogen) atoms. The maximum atomic E-state index is 12.1. The van der Waals surface area contributed by atoms with Gasteiger partial charge >= 0.3 is 5.97 Å². The van der Waals surface area contributed by atoms with E-state index in [9.17, 15) is 9.59 Å². The molecule has 0 aliphatic heterocycles. The highest BCUT2D eigenvalue weighted by atomic mass is 35.5. The number of anilines is 1. The Bertz CT molecular complexity index is 1070. The zero-order valence-electron chi connectivity index (χ0n) is 15.1. The van der Waals surface area contributed by atoms with E-state index in [1.807, 2.05) is 47.3 Å². The van der Waals surface area contributed by atoms with Gasteiger partial charge in [-0.2, -0.15) is 4.99 Å². The van der Waals surface area contributed by atoms with Gasteiger partial charge in [-0.25, -0.2) is 4.79 Å². The molecule has 144 valence electrons. The van der Waals surface area contributed by atoms with Crippen LogP contribution in [0.4, 0.5) is 5.69 Å². The summed E-state index contributed by atoms with van der Waals surface area (Å²) in [4.78, 5) is 28.7. The van der Waals surface area contributed by atoms with Gasteiger partial charge in [-0.05, 0) is 30.7 Å². The van der Waals surface area contributed by atoms with Crippen molar-refractivity contribution in [2.24, 2.45) is 4.99 Å². The van der Waals surface area contributed by atoms with Crippen molar-refractivity contribution in [3.8, 4) is 0 Å². The lowest BCUT2D eigenvalue weighted by Crippen LogP contribution is -2.20. The van der Waals surface area contributed by atoms with Crippen LogP contribution < -0.4 is 10.5 Å². The van der Waals surface area contributed by atoms with E-state index < -0.39 is 18.5 Å². The fourth-order valence-corrected chi connectivity index (χ4v) is 3.28. The van der Waals surface area contributed by atoms with Crippen LogP contribution in [0.1, 0.15) is 21.5 Å². The van der Waals surface area contributed by atoms with Gasteiger partial charge in [0, 0.05) is 18.1 Å². The predicted octanol–water partition coefficient (Wildman–Crippen LogP) is 3.43. The molecule has 0 saturated heterocycles. The SMILES string of the molecule is Cc1ccc(Cn2ccsc2=NC(=O)COC(=O)c2ccc(Cl)c(N)c2)cc1. The molecule has 1 heterocycles. The summed E-state index contributed by atoms with van der Waals surface area (Å²) in [5.74, 6) is -1.21. The summed E-state index contributed by atoms with van der Waals surface area (Å²) >= 11 is 7.16. The van der Waals surface area contributed by atoms with Crippen molar-refractivity contribution in [3.05, 3.63) is 80.6 Å². The fraction of sp³-hybridized carbons (Fsp3) is 0.150. The molecule has 0 bridgehead atoms. The molecular formula is C20H18ClN3O3S. The third-order valence-corrected chi connectivity index (χ3v) is 5.05. The number of ether oxygens (including phenoxy) is 1. The first-order chi connectivity index (χ1) is 13.4. The van der Waals surface area contributed by atoms with Gasteiger partial charge < -0.3 is 15.0 Å². The summed E-state index contributed by atoms with van der Waals surface area (Å²) in [7, 11) is 0. The molecule has 1 amide bonds. The smallest absolute Gasteiger partial charge is 0.338 e. The maximum Gasteiger partial charge on any atom is 0.338 e. The molecule has 0 radical (unpaired) electrons. The van der Waals surface area contributed by atoms with Crippen LogP contribution in [0, 0.1) is 6.92 Å². The highest BCUT2D eigenvalue weighted by Crippen LogP contribution is 2.19. The molecule has 0 spiro atoms. The number of hydrogen-bond donors (Lipinski definition) is 1. The summed E-state index contributed by atoms with van der Waals surface area (Å²) in [6, 6.07) is 12.5. The molecule has 2 N–H and O–H groups in total. The number of aryl methyl sites for hydroxylation is 1. The highest BCUT2D eigenvalue weighted by molar-refractivity contribution is 7.07. The van der Waals surface area contributed by atoms with Crippen LogP contribution in [0.25, 0.3) is 0 Å². The average Bonchev–Trinajstić information content (AvgIpc) is 3.10. The van der Waals surface area contributed by atoms with Gasteiger partial charge in [0.2, 0.25) is 0 Å². The lowest BCUT2D eigenvalue weighted by molar-refractivity contribution is -0.121. The number of halogens is 1. The number of nitrogens with zero attached hydrogens (tertiary/aromatic N) is 2. The van der Waals surface area contributed by atoms with Crippen molar-refractivity contribution in [2.75, 3.05) is 12.3 Å². The van der Waals surface area contributed by atoms with Gasteiger partial charge in [-0.3, -0.25) is 4.79 Å². The molecule has 1 aromatic heterocycles. The van der Waals surface area contributed by atoms with Gasteiger partial charge in [-0.1, -0.05) is 41.4 Å². The first-order valence-corrected chi connectivity index (χ1v) is 9.67. The minimum absolute atomic E-state index is 0.222. The van der Waals surface area contributed by atoms with E-state index in [2.05, 4.69) is 4.99 Å². The highest BCUT2D eigenvalue weighted by Gasteiger charge is 2.11. The summed E-state index contributed by atoms with van der Waals surface area (Å²) in [5, 5.41) is 2.20. The minimum atomic E-state index is -0.661. The molecule has 6 nitrogen and oxygen atoms in total. The number of nitrogens with two attached hydrogens (primary N) is 1. The van der Waals surface area contributed by atoms with Crippen LogP contribution in [0.15, 0.2) is 59.0 Å².